The van der Waals surface area contributed by atoms with Crippen LogP contribution in [0.5, 0.6) is 0 Å². The van der Waals surface area contributed by atoms with E-state index in [0.717, 1.165) is 35.4 Å². The molecule has 0 aliphatic heterocycles. The topological polar surface area (TPSA) is 75.3 Å². The van der Waals surface area contributed by atoms with E-state index in [9.17, 15) is 17.6 Å². The normalized spacial score (nSPS) is 12.6. The summed E-state index contributed by atoms with van der Waals surface area (Å²) in [4.78, 5) is 12.2. The van der Waals surface area contributed by atoms with E-state index >= 15 is 0 Å². The Balaban J connectivity index is 2.01. The highest BCUT2D eigenvalue weighted by molar-refractivity contribution is 7.89. The molecular formula is C18H21FN2O3S. The van der Waals surface area contributed by atoms with Crippen molar-refractivity contribution in [2.24, 2.45) is 0 Å². The molecule has 7 heteroatoms. The predicted molar refractivity (Wildman–Crippen MR) is 93.8 cm³/mol. The van der Waals surface area contributed by atoms with E-state index in [1.807, 2.05) is 31.2 Å². The number of amides is 1. The lowest BCUT2D eigenvalue weighted by atomic mass is 10.1. The van der Waals surface area contributed by atoms with Gasteiger partial charge in [0.15, 0.2) is 0 Å². The molecule has 134 valence electrons. The van der Waals surface area contributed by atoms with Gasteiger partial charge in [-0.05, 0) is 43.2 Å². The lowest BCUT2D eigenvalue weighted by molar-refractivity contribution is -0.122. The van der Waals surface area contributed by atoms with E-state index in [1.165, 1.54) is 0 Å². The fourth-order valence-electron chi connectivity index (χ4n) is 2.21. The van der Waals surface area contributed by atoms with Gasteiger partial charge in [-0.1, -0.05) is 36.8 Å². The third kappa shape index (κ3) is 5.37. The predicted octanol–water partition coefficient (Wildman–Crippen LogP) is 2.51. The molecule has 0 aliphatic rings. The van der Waals surface area contributed by atoms with Gasteiger partial charge >= 0.3 is 0 Å². The van der Waals surface area contributed by atoms with Gasteiger partial charge in [-0.15, -0.1) is 0 Å². The monoisotopic (exact) mass is 364 g/mol. The Labute approximate surface area is 147 Å². The third-order valence-electron chi connectivity index (χ3n) is 3.73. The average molecular weight is 364 g/mol. The number of carbonyl (C=O) groups is 1. The summed E-state index contributed by atoms with van der Waals surface area (Å²) >= 11 is 0. The highest BCUT2D eigenvalue weighted by atomic mass is 32.2. The molecule has 0 fully saturated rings. The molecule has 2 rings (SSSR count). The Morgan fingerprint density at radius 1 is 1.08 bits per heavy atom. The Kier molecular flexibility index (Phi) is 6.27. The zero-order valence-corrected chi connectivity index (χ0v) is 14.9. The third-order valence-corrected chi connectivity index (χ3v) is 5.22. The molecule has 0 bridgehead atoms. The second-order valence-corrected chi connectivity index (χ2v) is 7.45. The van der Waals surface area contributed by atoms with E-state index < -0.39 is 27.8 Å². The molecule has 0 radical (unpaired) electrons. The number of benzene rings is 2. The van der Waals surface area contributed by atoms with Gasteiger partial charge in [-0.25, -0.2) is 12.8 Å². The van der Waals surface area contributed by atoms with E-state index in [0.29, 0.717) is 13.0 Å². The molecule has 0 saturated heterocycles. The minimum absolute atomic E-state index is 0.0846. The van der Waals surface area contributed by atoms with Gasteiger partial charge in [0.25, 0.3) is 0 Å². The number of hydrogen-bond donors (Lipinski definition) is 2. The van der Waals surface area contributed by atoms with Gasteiger partial charge in [-0.3, -0.25) is 4.79 Å². The molecule has 2 aromatic carbocycles. The minimum atomic E-state index is -3.90. The van der Waals surface area contributed by atoms with Crippen molar-refractivity contribution >= 4 is 15.9 Å². The van der Waals surface area contributed by atoms with E-state index in [1.54, 1.807) is 6.92 Å². The fourth-order valence-corrected chi connectivity index (χ4v) is 3.49. The summed E-state index contributed by atoms with van der Waals surface area (Å²) in [6.07, 6.45) is 0.292. The summed E-state index contributed by atoms with van der Waals surface area (Å²) < 4.78 is 39.9. The number of aryl methyl sites for hydroxylation is 1. The van der Waals surface area contributed by atoms with Gasteiger partial charge < -0.3 is 5.32 Å². The largest absolute Gasteiger partial charge is 0.351 e. The van der Waals surface area contributed by atoms with Gasteiger partial charge in [-0.2, -0.15) is 4.72 Å². The average Bonchev–Trinajstić information content (AvgIpc) is 2.59. The van der Waals surface area contributed by atoms with Crippen molar-refractivity contribution in [3.63, 3.8) is 0 Å². The summed E-state index contributed by atoms with van der Waals surface area (Å²) in [6, 6.07) is 11.2. The van der Waals surface area contributed by atoms with Gasteiger partial charge in [0, 0.05) is 6.54 Å². The van der Waals surface area contributed by atoms with Crippen molar-refractivity contribution in [2.45, 2.75) is 37.8 Å². The molecule has 5 nitrogen and oxygen atoms in total. The quantitative estimate of drug-likeness (QED) is 0.793. The smallest absolute Gasteiger partial charge is 0.241 e. The van der Waals surface area contributed by atoms with Gasteiger partial charge in [0.05, 0.1) is 4.90 Å². The molecular weight excluding hydrogens is 343 g/mol. The SMILES string of the molecule is CCC(NS(=O)(=O)c1ccc(F)cc1)C(=O)NCc1ccc(C)cc1. The van der Waals surface area contributed by atoms with Crippen molar-refractivity contribution < 1.29 is 17.6 Å². The highest BCUT2D eigenvalue weighted by Crippen LogP contribution is 2.11. The van der Waals surface area contributed by atoms with Crippen LogP contribution in [0.1, 0.15) is 24.5 Å². The maximum Gasteiger partial charge on any atom is 0.241 e. The molecule has 25 heavy (non-hydrogen) atoms. The molecule has 0 aromatic heterocycles. The molecule has 1 unspecified atom stereocenters. The minimum Gasteiger partial charge on any atom is -0.351 e. The Morgan fingerprint density at radius 2 is 1.68 bits per heavy atom. The number of rotatable bonds is 7. The standard InChI is InChI=1S/C18H21FN2O3S/c1-3-17(18(22)20-12-14-6-4-13(2)5-7-14)21-25(23,24)16-10-8-15(19)9-11-16/h4-11,17,21H,3,12H2,1-2H3,(H,20,22). The first-order chi connectivity index (χ1) is 11.8. The first kappa shape index (κ1) is 19.1. The maximum absolute atomic E-state index is 12.9. The van der Waals surface area contributed by atoms with Crippen LogP contribution in [0.2, 0.25) is 0 Å². The first-order valence-electron chi connectivity index (χ1n) is 7.93. The van der Waals surface area contributed by atoms with E-state index in [2.05, 4.69) is 10.0 Å². The van der Waals surface area contributed by atoms with Crippen LogP contribution >= 0.6 is 0 Å². The molecule has 1 atom stereocenters. The zero-order valence-electron chi connectivity index (χ0n) is 14.1. The zero-order chi connectivity index (χ0) is 18.4. The molecule has 0 aliphatic carbocycles. The van der Waals surface area contributed by atoms with E-state index in [-0.39, 0.29) is 4.90 Å². The fraction of sp³-hybridized carbons (Fsp3) is 0.278. The van der Waals surface area contributed by atoms with Crippen LogP contribution in [0, 0.1) is 12.7 Å². The molecule has 2 N–H and O–H groups in total. The molecule has 0 heterocycles. The van der Waals surface area contributed by atoms with Crippen LogP contribution in [0.15, 0.2) is 53.4 Å². The van der Waals surface area contributed by atoms with Crippen LogP contribution in [-0.4, -0.2) is 20.4 Å². The summed E-state index contributed by atoms with van der Waals surface area (Å²) in [7, 11) is -3.90. The van der Waals surface area contributed by atoms with Crippen molar-refractivity contribution in [3.8, 4) is 0 Å². The molecule has 2 aromatic rings. The van der Waals surface area contributed by atoms with Crippen LogP contribution in [-0.2, 0) is 21.4 Å². The van der Waals surface area contributed by atoms with Gasteiger partial charge in [0.2, 0.25) is 15.9 Å². The van der Waals surface area contributed by atoms with Crippen LogP contribution < -0.4 is 10.0 Å². The second kappa shape index (κ2) is 8.22. The van der Waals surface area contributed by atoms with Crippen LogP contribution in [0.25, 0.3) is 0 Å². The number of hydrogen-bond acceptors (Lipinski definition) is 3. The Bertz CT molecular complexity index is 818. The van der Waals surface area contributed by atoms with Crippen LogP contribution in [0.4, 0.5) is 4.39 Å². The van der Waals surface area contributed by atoms with Crippen LogP contribution in [0.3, 0.4) is 0 Å². The van der Waals surface area contributed by atoms with Gasteiger partial charge in [0.1, 0.15) is 11.9 Å². The maximum atomic E-state index is 12.9. The van der Waals surface area contributed by atoms with Crippen molar-refractivity contribution in [1.29, 1.82) is 0 Å². The number of nitrogens with one attached hydrogen (secondary N) is 2. The summed E-state index contributed by atoms with van der Waals surface area (Å²) in [5.74, 6) is -0.935. The molecule has 0 saturated carbocycles. The highest BCUT2D eigenvalue weighted by Gasteiger charge is 2.24. The summed E-state index contributed by atoms with van der Waals surface area (Å²) in [6.45, 7) is 4.00. The van der Waals surface area contributed by atoms with Crippen molar-refractivity contribution in [2.75, 3.05) is 0 Å². The number of halogens is 1. The lowest BCUT2D eigenvalue weighted by Gasteiger charge is -2.17. The second-order valence-electron chi connectivity index (χ2n) is 5.74. The first-order valence-corrected chi connectivity index (χ1v) is 9.41. The summed E-state index contributed by atoms with van der Waals surface area (Å²) in [5, 5.41) is 2.73. The summed E-state index contributed by atoms with van der Waals surface area (Å²) in [5.41, 5.74) is 2.05. The number of sulfonamides is 1. The molecule has 1 amide bonds. The lowest BCUT2D eigenvalue weighted by Crippen LogP contribution is -2.46. The Morgan fingerprint density at radius 3 is 2.24 bits per heavy atom. The van der Waals surface area contributed by atoms with Crippen molar-refractivity contribution in [1.82, 2.24) is 10.0 Å². The van der Waals surface area contributed by atoms with Crippen molar-refractivity contribution in [3.05, 3.63) is 65.5 Å². The van der Waals surface area contributed by atoms with E-state index in [4.69, 9.17) is 0 Å². The number of carbonyl (C=O) groups excluding carboxylic acids is 1. The Hall–Kier alpha value is -2.25. The molecule has 0 spiro atoms.